The van der Waals surface area contributed by atoms with Crippen LogP contribution in [0.3, 0.4) is 0 Å². The molecule has 0 fully saturated rings. The summed E-state index contributed by atoms with van der Waals surface area (Å²) in [6.45, 7) is 0. The summed E-state index contributed by atoms with van der Waals surface area (Å²) in [6.07, 6.45) is 0. The fraction of sp³-hybridized carbons (Fsp3) is 0.0244. The van der Waals surface area contributed by atoms with Gasteiger partial charge in [0, 0.05) is 15.2 Å². The Kier molecular flexibility index (Phi) is 4.41. The van der Waals surface area contributed by atoms with Crippen LogP contribution in [-0.2, 0) is 5.41 Å². The fourth-order valence-electron chi connectivity index (χ4n) is 8.13. The molecule has 0 atom stereocenters. The van der Waals surface area contributed by atoms with Gasteiger partial charge in [-0.05, 0) is 84.3 Å². The monoisotopic (exact) mass is 548 g/mol. The third kappa shape index (κ3) is 2.70. The summed E-state index contributed by atoms with van der Waals surface area (Å²) in [7, 11) is 0. The molecule has 0 bridgehead atoms. The first kappa shape index (κ1) is 22.8. The van der Waals surface area contributed by atoms with Crippen LogP contribution in [0.25, 0.3) is 55.3 Å². The van der Waals surface area contributed by atoms with Crippen molar-refractivity contribution in [3.8, 4) is 44.5 Å². The quantitative estimate of drug-likeness (QED) is 0.197. The molecule has 0 aromatic heterocycles. The Balaban J connectivity index is 1.28. The zero-order valence-electron chi connectivity index (χ0n) is 22.8. The average molecular weight is 549 g/mol. The molecule has 0 radical (unpaired) electrons. The van der Waals surface area contributed by atoms with E-state index in [1.165, 1.54) is 87.3 Å². The van der Waals surface area contributed by atoms with E-state index in [0.717, 1.165) is 0 Å². The molecule has 1 heteroatoms. The van der Waals surface area contributed by atoms with Crippen LogP contribution in [0.2, 0.25) is 0 Å². The van der Waals surface area contributed by atoms with Gasteiger partial charge in [-0.2, -0.15) is 0 Å². The summed E-state index contributed by atoms with van der Waals surface area (Å²) in [4.78, 5) is 2.67. The van der Waals surface area contributed by atoms with Gasteiger partial charge >= 0.3 is 0 Å². The molecule has 0 unspecified atom stereocenters. The molecule has 3 aliphatic rings. The highest BCUT2D eigenvalue weighted by molar-refractivity contribution is 7.99. The van der Waals surface area contributed by atoms with Crippen molar-refractivity contribution >= 4 is 22.5 Å². The van der Waals surface area contributed by atoms with Crippen LogP contribution >= 0.6 is 11.8 Å². The van der Waals surface area contributed by atoms with E-state index in [9.17, 15) is 0 Å². The molecule has 7 aromatic rings. The minimum atomic E-state index is -0.350. The lowest BCUT2D eigenvalue weighted by molar-refractivity contribution is 0.795. The normalized spacial score (nSPS) is 14.3. The largest absolute Gasteiger partial charge is 0.0888 e. The molecule has 0 N–H and O–H groups in total. The topological polar surface area (TPSA) is 0 Å². The van der Waals surface area contributed by atoms with Crippen LogP contribution in [0.5, 0.6) is 0 Å². The summed E-state index contributed by atoms with van der Waals surface area (Å²) in [5.41, 5.74) is 15.8. The predicted molar refractivity (Wildman–Crippen MR) is 175 cm³/mol. The molecule has 42 heavy (non-hydrogen) atoms. The third-order valence-corrected chi connectivity index (χ3v) is 10.8. The Morgan fingerprint density at radius 2 is 0.929 bits per heavy atom. The van der Waals surface area contributed by atoms with E-state index >= 15 is 0 Å². The van der Waals surface area contributed by atoms with E-state index in [0.29, 0.717) is 0 Å². The van der Waals surface area contributed by atoms with Crippen molar-refractivity contribution in [3.63, 3.8) is 0 Å². The smallest absolute Gasteiger partial charge is 0.0731 e. The van der Waals surface area contributed by atoms with Crippen molar-refractivity contribution in [2.75, 3.05) is 0 Å². The first-order chi connectivity index (χ1) is 20.8. The molecule has 1 spiro atoms. The molecule has 0 amide bonds. The van der Waals surface area contributed by atoms with Gasteiger partial charge in [-0.1, -0.05) is 145 Å². The lowest BCUT2D eigenvalue weighted by atomic mass is 9.68. The van der Waals surface area contributed by atoms with Crippen LogP contribution in [-0.4, -0.2) is 0 Å². The van der Waals surface area contributed by atoms with E-state index < -0.39 is 0 Å². The molecule has 2 aliphatic carbocycles. The summed E-state index contributed by atoms with van der Waals surface area (Å²) >= 11 is 1.91. The minimum Gasteiger partial charge on any atom is -0.0888 e. The molecule has 0 nitrogen and oxygen atoms in total. The highest BCUT2D eigenvalue weighted by Gasteiger charge is 2.52. The Bertz CT molecular complexity index is 2220. The molecule has 10 rings (SSSR count). The van der Waals surface area contributed by atoms with Gasteiger partial charge in [0.05, 0.1) is 5.41 Å². The molecule has 1 heterocycles. The number of hydrogen-bond acceptors (Lipinski definition) is 1. The number of benzene rings is 7. The van der Waals surface area contributed by atoms with Gasteiger partial charge in [-0.3, -0.25) is 0 Å². The SMILES string of the molecule is c1ccc2c(c1)-c1ccccc1C21c2ccccc2-c2cccc(-c3ccc4c(c3)Sc3cccc5cccc-4c35)c21. The van der Waals surface area contributed by atoms with Crippen LogP contribution < -0.4 is 0 Å². The summed E-state index contributed by atoms with van der Waals surface area (Å²) in [5.74, 6) is 0. The molecule has 7 aromatic carbocycles. The van der Waals surface area contributed by atoms with Gasteiger partial charge < -0.3 is 0 Å². The maximum atomic E-state index is 2.44. The zero-order chi connectivity index (χ0) is 27.4. The van der Waals surface area contributed by atoms with E-state index in [4.69, 9.17) is 0 Å². The van der Waals surface area contributed by atoms with Crippen molar-refractivity contribution < 1.29 is 0 Å². The Morgan fingerprint density at radius 1 is 0.381 bits per heavy atom. The summed E-state index contributed by atoms with van der Waals surface area (Å²) in [5, 5.41) is 2.69. The summed E-state index contributed by atoms with van der Waals surface area (Å²) in [6, 6.07) is 54.6. The van der Waals surface area contributed by atoms with E-state index in [1.54, 1.807) is 0 Å². The maximum absolute atomic E-state index is 2.44. The van der Waals surface area contributed by atoms with Gasteiger partial charge in [-0.15, -0.1) is 0 Å². The van der Waals surface area contributed by atoms with Crippen molar-refractivity contribution in [3.05, 3.63) is 168 Å². The molecule has 1 aliphatic heterocycles. The van der Waals surface area contributed by atoms with Crippen molar-refractivity contribution in [2.45, 2.75) is 15.2 Å². The van der Waals surface area contributed by atoms with Crippen LogP contribution in [0.4, 0.5) is 0 Å². The predicted octanol–water partition coefficient (Wildman–Crippen LogP) is 11.0. The second-order valence-electron chi connectivity index (χ2n) is 11.6. The van der Waals surface area contributed by atoms with Gasteiger partial charge in [0.25, 0.3) is 0 Å². The maximum Gasteiger partial charge on any atom is 0.0731 e. The number of fused-ring (bicyclic) bond motifs is 12. The lowest BCUT2D eigenvalue weighted by Gasteiger charge is -2.32. The van der Waals surface area contributed by atoms with Gasteiger partial charge in [-0.25, -0.2) is 0 Å². The zero-order valence-corrected chi connectivity index (χ0v) is 23.6. The van der Waals surface area contributed by atoms with E-state index in [-0.39, 0.29) is 5.41 Å². The van der Waals surface area contributed by atoms with Gasteiger partial charge in [0.2, 0.25) is 0 Å². The lowest BCUT2D eigenvalue weighted by Crippen LogP contribution is -2.26. The van der Waals surface area contributed by atoms with Crippen molar-refractivity contribution in [1.29, 1.82) is 0 Å². The molecule has 194 valence electrons. The highest BCUT2D eigenvalue weighted by Crippen LogP contribution is 2.64. The Morgan fingerprint density at radius 3 is 1.64 bits per heavy atom. The number of hydrogen-bond donors (Lipinski definition) is 0. The van der Waals surface area contributed by atoms with Crippen LogP contribution in [0.15, 0.2) is 155 Å². The fourth-order valence-corrected chi connectivity index (χ4v) is 9.31. The molecular formula is C41H24S. The van der Waals surface area contributed by atoms with E-state index in [2.05, 4.69) is 146 Å². The van der Waals surface area contributed by atoms with Crippen LogP contribution in [0, 0.1) is 0 Å². The second kappa shape index (κ2) is 8.12. The standard InChI is InChI=1S/C41H24S/c1-4-18-34-28(12-1)29-13-2-5-19-35(29)41(34)36-20-6-3-14-30(36)33-17-9-15-27(40(33)41)26-22-23-31-32-16-7-10-25-11-8-21-37(39(25)32)42-38(31)24-26/h1-24H. The van der Waals surface area contributed by atoms with Crippen molar-refractivity contribution in [1.82, 2.24) is 0 Å². The van der Waals surface area contributed by atoms with E-state index in [1.807, 2.05) is 11.8 Å². The van der Waals surface area contributed by atoms with Crippen LogP contribution in [0.1, 0.15) is 22.3 Å². The second-order valence-corrected chi connectivity index (χ2v) is 12.7. The van der Waals surface area contributed by atoms with Gasteiger partial charge in [0.15, 0.2) is 0 Å². The Labute approximate surface area is 249 Å². The molecule has 0 saturated carbocycles. The van der Waals surface area contributed by atoms with Gasteiger partial charge in [0.1, 0.15) is 0 Å². The Hall–Kier alpha value is -4.85. The number of rotatable bonds is 1. The van der Waals surface area contributed by atoms with Crippen molar-refractivity contribution in [2.24, 2.45) is 0 Å². The minimum absolute atomic E-state index is 0.350. The highest BCUT2D eigenvalue weighted by atomic mass is 32.2. The molecule has 0 saturated heterocycles. The first-order valence-electron chi connectivity index (χ1n) is 14.6. The third-order valence-electron chi connectivity index (χ3n) is 9.68. The average Bonchev–Trinajstić information content (AvgIpc) is 3.52. The molecular weight excluding hydrogens is 525 g/mol. The first-order valence-corrected chi connectivity index (χ1v) is 15.4. The summed E-state index contributed by atoms with van der Waals surface area (Å²) < 4.78 is 0.